The number of nitrogens with zero attached hydrogens (tertiary/aromatic N) is 2. The highest BCUT2D eigenvalue weighted by molar-refractivity contribution is 7.80. The van der Waals surface area contributed by atoms with E-state index in [2.05, 4.69) is 10.7 Å². The minimum Gasteiger partial charge on any atom is -0.331 e. The number of para-hydroxylation sites is 1. The van der Waals surface area contributed by atoms with Crippen molar-refractivity contribution in [3.05, 3.63) is 112 Å². The average molecular weight is 417 g/mol. The third kappa shape index (κ3) is 4.16. The fourth-order valence-electron chi connectivity index (χ4n) is 3.31. The topological polar surface area (TPSA) is 70.4 Å². The van der Waals surface area contributed by atoms with Gasteiger partial charge in [0.25, 0.3) is 5.69 Å². The van der Waals surface area contributed by atoms with E-state index in [1.165, 1.54) is 11.6 Å². The van der Waals surface area contributed by atoms with Crippen molar-refractivity contribution in [3.8, 4) is 0 Å². The molecule has 0 aliphatic carbocycles. The van der Waals surface area contributed by atoms with Crippen molar-refractivity contribution in [1.29, 1.82) is 0 Å². The van der Waals surface area contributed by atoms with E-state index in [-0.39, 0.29) is 16.7 Å². The van der Waals surface area contributed by atoms with Crippen LogP contribution in [0.1, 0.15) is 22.7 Å². The van der Waals surface area contributed by atoms with Crippen LogP contribution in [-0.4, -0.2) is 15.0 Å². The molecule has 30 heavy (non-hydrogen) atoms. The molecular formula is C23H20N4O2S. The summed E-state index contributed by atoms with van der Waals surface area (Å²) >= 11 is 5.67. The van der Waals surface area contributed by atoms with Crippen molar-refractivity contribution in [2.45, 2.75) is 13.0 Å². The summed E-state index contributed by atoms with van der Waals surface area (Å²) in [5, 5.41) is 16.8. The van der Waals surface area contributed by atoms with Crippen LogP contribution < -0.4 is 10.7 Å². The molecule has 0 unspecified atom stereocenters. The zero-order valence-corrected chi connectivity index (χ0v) is 17.1. The van der Waals surface area contributed by atoms with Gasteiger partial charge in [-0.15, -0.1) is 0 Å². The predicted molar refractivity (Wildman–Crippen MR) is 123 cm³/mol. The first-order valence-corrected chi connectivity index (χ1v) is 9.87. The monoisotopic (exact) mass is 416 g/mol. The van der Waals surface area contributed by atoms with Crippen molar-refractivity contribution in [1.82, 2.24) is 10.4 Å². The van der Waals surface area contributed by atoms with Crippen LogP contribution in [0.5, 0.6) is 0 Å². The van der Waals surface area contributed by atoms with Gasteiger partial charge in [-0.05, 0) is 48.5 Å². The highest BCUT2D eigenvalue weighted by Crippen LogP contribution is 2.33. The zero-order valence-electron chi connectivity index (χ0n) is 16.3. The quantitative estimate of drug-likeness (QED) is 0.346. The summed E-state index contributed by atoms with van der Waals surface area (Å²) in [4.78, 5) is 10.9. The lowest BCUT2D eigenvalue weighted by Gasteiger charge is -2.28. The highest BCUT2D eigenvalue weighted by Gasteiger charge is 2.29. The van der Waals surface area contributed by atoms with Crippen molar-refractivity contribution in [2.75, 3.05) is 5.32 Å². The minimum atomic E-state index is -0.388. The Hall–Kier alpha value is -3.71. The Bertz CT molecular complexity index is 1110. The second-order valence-corrected chi connectivity index (χ2v) is 7.41. The second-order valence-electron chi connectivity index (χ2n) is 7.02. The lowest BCUT2D eigenvalue weighted by molar-refractivity contribution is -0.384. The number of hydrogen-bond donors (Lipinski definition) is 2. The van der Waals surface area contributed by atoms with Gasteiger partial charge in [0.2, 0.25) is 0 Å². The smallest absolute Gasteiger partial charge is 0.269 e. The first-order valence-electron chi connectivity index (χ1n) is 9.46. The van der Waals surface area contributed by atoms with E-state index in [4.69, 9.17) is 12.2 Å². The number of hydrazine groups is 1. The normalized spacial score (nSPS) is 15.3. The van der Waals surface area contributed by atoms with Crippen molar-refractivity contribution in [2.24, 2.45) is 0 Å². The third-order valence-corrected chi connectivity index (χ3v) is 5.17. The van der Waals surface area contributed by atoms with Crippen LogP contribution in [0.25, 0.3) is 5.70 Å². The van der Waals surface area contributed by atoms with Crippen LogP contribution in [0.4, 0.5) is 11.4 Å². The summed E-state index contributed by atoms with van der Waals surface area (Å²) in [6.07, 6.45) is 2.03. The van der Waals surface area contributed by atoms with Gasteiger partial charge < -0.3 is 5.32 Å². The van der Waals surface area contributed by atoms with Gasteiger partial charge in [0.15, 0.2) is 5.11 Å². The van der Waals surface area contributed by atoms with Crippen LogP contribution in [-0.2, 0) is 0 Å². The summed E-state index contributed by atoms with van der Waals surface area (Å²) in [6.45, 7) is 2.04. The molecule has 4 rings (SSSR count). The largest absolute Gasteiger partial charge is 0.331 e. The Balaban J connectivity index is 1.68. The molecule has 7 heteroatoms. The summed E-state index contributed by atoms with van der Waals surface area (Å²) in [7, 11) is 0. The molecule has 3 aromatic rings. The van der Waals surface area contributed by atoms with Gasteiger partial charge in [0.1, 0.15) is 0 Å². The summed E-state index contributed by atoms with van der Waals surface area (Å²) in [6, 6.07) is 24.1. The molecule has 0 fully saturated rings. The van der Waals surface area contributed by atoms with Gasteiger partial charge in [-0.2, -0.15) is 0 Å². The number of anilines is 1. The number of thiocarbonyl (C=S) groups is 1. The van der Waals surface area contributed by atoms with E-state index < -0.39 is 0 Å². The fraction of sp³-hybridized carbons (Fsp3) is 0.0870. The number of aryl methyl sites for hydroxylation is 1. The first kappa shape index (κ1) is 19.6. The zero-order chi connectivity index (χ0) is 21.1. The Morgan fingerprint density at radius 2 is 1.80 bits per heavy atom. The molecule has 0 radical (unpaired) electrons. The Morgan fingerprint density at radius 1 is 1.07 bits per heavy atom. The maximum Gasteiger partial charge on any atom is 0.269 e. The maximum atomic E-state index is 11.3. The van der Waals surface area contributed by atoms with Gasteiger partial charge in [0.05, 0.1) is 16.7 Å². The van der Waals surface area contributed by atoms with Gasteiger partial charge in [-0.25, -0.2) is 0 Å². The summed E-state index contributed by atoms with van der Waals surface area (Å²) in [5.74, 6) is 0. The Kier molecular flexibility index (Phi) is 5.45. The number of nitro benzene ring substituents is 1. The number of nitro groups is 1. The number of nitrogens with one attached hydrogen (secondary N) is 2. The molecule has 1 aliphatic rings. The molecular weight excluding hydrogens is 396 g/mol. The molecule has 150 valence electrons. The van der Waals surface area contributed by atoms with E-state index in [0.717, 1.165) is 22.5 Å². The maximum absolute atomic E-state index is 11.3. The van der Waals surface area contributed by atoms with E-state index in [0.29, 0.717) is 5.11 Å². The highest BCUT2D eigenvalue weighted by atomic mass is 32.1. The van der Waals surface area contributed by atoms with Crippen LogP contribution in [0, 0.1) is 17.0 Å². The van der Waals surface area contributed by atoms with Gasteiger partial charge in [-0.3, -0.25) is 20.5 Å². The van der Waals surface area contributed by atoms with Gasteiger partial charge in [-0.1, -0.05) is 60.2 Å². The molecule has 0 amide bonds. The van der Waals surface area contributed by atoms with E-state index in [1.807, 2.05) is 78.7 Å². The van der Waals surface area contributed by atoms with Gasteiger partial charge >= 0.3 is 0 Å². The number of rotatable bonds is 4. The number of hydrogen-bond acceptors (Lipinski definition) is 4. The van der Waals surface area contributed by atoms with Crippen molar-refractivity contribution < 1.29 is 4.92 Å². The van der Waals surface area contributed by atoms with Crippen LogP contribution in [0.2, 0.25) is 0 Å². The number of non-ortho nitro benzene ring substituents is 1. The van der Waals surface area contributed by atoms with Crippen LogP contribution in [0.15, 0.2) is 84.9 Å². The van der Waals surface area contributed by atoms with Crippen molar-refractivity contribution in [3.63, 3.8) is 0 Å². The molecule has 2 N–H and O–H groups in total. The molecule has 0 aromatic heterocycles. The third-order valence-electron chi connectivity index (χ3n) is 4.87. The Labute approximate surface area is 180 Å². The lowest BCUT2D eigenvalue weighted by atomic mass is 10.0. The second kappa shape index (κ2) is 8.34. The molecule has 0 saturated heterocycles. The molecule has 1 heterocycles. The van der Waals surface area contributed by atoms with Gasteiger partial charge in [0, 0.05) is 17.8 Å². The SMILES string of the molecule is Cc1ccc(C2=C[C@@H](c3cccc([N+](=O)[O-])c3)N(C(=S)Nc3ccccc3)N2)cc1. The first-order chi connectivity index (χ1) is 14.5. The van der Waals surface area contributed by atoms with E-state index >= 15 is 0 Å². The van der Waals surface area contributed by atoms with Crippen LogP contribution in [0.3, 0.4) is 0 Å². The molecule has 0 spiro atoms. The molecule has 0 bridgehead atoms. The standard InChI is InChI=1S/C23H20N4O2S/c1-16-10-12-17(13-11-16)21-15-22(18-6-5-9-20(14-18)27(28)29)26(25-21)23(30)24-19-7-3-2-4-8-19/h2-15,22,25H,1H3,(H,24,30)/t22-/m0/s1. The predicted octanol–water partition coefficient (Wildman–Crippen LogP) is 5.20. The molecule has 3 aromatic carbocycles. The lowest BCUT2D eigenvalue weighted by Crippen LogP contribution is -2.42. The number of benzene rings is 3. The minimum absolute atomic E-state index is 0.0478. The summed E-state index contributed by atoms with van der Waals surface area (Å²) in [5.41, 5.74) is 8.13. The molecule has 1 atom stereocenters. The van der Waals surface area contributed by atoms with Crippen molar-refractivity contribution >= 4 is 34.4 Å². The van der Waals surface area contributed by atoms with E-state index in [1.54, 1.807) is 12.1 Å². The summed E-state index contributed by atoms with van der Waals surface area (Å²) < 4.78 is 0. The van der Waals surface area contributed by atoms with Crippen LogP contribution >= 0.6 is 12.2 Å². The molecule has 0 saturated carbocycles. The average Bonchev–Trinajstić information content (AvgIpc) is 3.21. The Morgan fingerprint density at radius 3 is 2.50 bits per heavy atom. The fourth-order valence-corrected chi connectivity index (χ4v) is 3.59. The van der Waals surface area contributed by atoms with E-state index in [9.17, 15) is 10.1 Å². The molecule has 1 aliphatic heterocycles. The molecule has 6 nitrogen and oxygen atoms in total.